The van der Waals surface area contributed by atoms with Crippen molar-refractivity contribution in [3.63, 3.8) is 0 Å². The fourth-order valence-electron chi connectivity index (χ4n) is 4.86. The van der Waals surface area contributed by atoms with Gasteiger partial charge >= 0.3 is 0 Å². The van der Waals surface area contributed by atoms with E-state index in [2.05, 4.69) is 20.9 Å². The quantitative estimate of drug-likeness (QED) is 0.491. The molecule has 2 aliphatic rings. The van der Waals surface area contributed by atoms with Crippen LogP contribution >= 0.6 is 0 Å². The summed E-state index contributed by atoms with van der Waals surface area (Å²) < 4.78 is 12.5. The van der Waals surface area contributed by atoms with Gasteiger partial charge in [0.25, 0.3) is 0 Å². The molecular weight excluding hydrogens is 442 g/mol. The number of rotatable bonds is 4. The Morgan fingerprint density at radius 1 is 1.00 bits per heavy atom. The van der Waals surface area contributed by atoms with Gasteiger partial charge in [0.05, 0.1) is 11.0 Å². The van der Waals surface area contributed by atoms with Crippen molar-refractivity contribution in [3.8, 4) is 11.5 Å². The molecule has 1 saturated heterocycles. The van der Waals surface area contributed by atoms with Gasteiger partial charge in [-0.25, -0.2) is 4.98 Å². The van der Waals surface area contributed by atoms with Crippen LogP contribution in [0.3, 0.4) is 0 Å². The molecule has 2 aromatic carbocycles. The summed E-state index contributed by atoms with van der Waals surface area (Å²) in [5.41, 5.74) is 8.66. The second-order valence-electron chi connectivity index (χ2n) is 9.19. The van der Waals surface area contributed by atoms with Crippen LogP contribution in [0.15, 0.2) is 54.6 Å². The van der Waals surface area contributed by atoms with Crippen molar-refractivity contribution in [2.75, 3.05) is 44.2 Å². The van der Waals surface area contributed by atoms with Gasteiger partial charge in [0.1, 0.15) is 18.5 Å². The number of aryl methyl sites for hydroxylation is 1. The van der Waals surface area contributed by atoms with E-state index in [9.17, 15) is 4.79 Å². The van der Waals surface area contributed by atoms with Crippen LogP contribution in [0, 0.1) is 6.92 Å². The molecular formula is C27H27N5O3. The second kappa shape index (κ2) is 8.70. The number of hydrogen-bond donors (Lipinski definition) is 1. The highest BCUT2D eigenvalue weighted by Crippen LogP contribution is 2.38. The topological polar surface area (TPSA) is 93.8 Å². The van der Waals surface area contributed by atoms with Crippen molar-refractivity contribution in [3.05, 3.63) is 65.9 Å². The van der Waals surface area contributed by atoms with E-state index in [1.54, 1.807) is 12.1 Å². The van der Waals surface area contributed by atoms with Crippen molar-refractivity contribution in [2.45, 2.75) is 13.0 Å². The van der Waals surface area contributed by atoms with Crippen molar-refractivity contribution >= 4 is 33.5 Å². The maximum Gasteiger partial charge on any atom is 0.248 e. The molecule has 1 fully saturated rings. The summed E-state index contributed by atoms with van der Waals surface area (Å²) in [5, 5.41) is 1.91. The SMILES string of the molecule is Cc1ccc2c3c(ccc2n1)OC[C@H](CN1CCN(c2ccc4cc(C(N)=O)ccc4n2)CC1)O3. The molecule has 4 aromatic rings. The molecule has 2 N–H and O–H groups in total. The highest BCUT2D eigenvalue weighted by Gasteiger charge is 2.27. The molecule has 0 saturated carbocycles. The predicted octanol–water partition coefficient (Wildman–Crippen LogP) is 3.15. The van der Waals surface area contributed by atoms with Gasteiger partial charge < -0.3 is 20.1 Å². The van der Waals surface area contributed by atoms with Crippen LogP contribution in [0.5, 0.6) is 11.5 Å². The molecule has 0 aliphatic carbocycles. The Morgan fingerprint density at radius 2 is 1.83 bits per heavy atom. The zero-order valence-corrected chi connectivity index (χ0v) is 19.6. The minimum Gasteiger partial charge on any atom is -0.486 e. The number of carbonyl (C=O) groups is 1. The maximum absolute atomic E-state index is 11.4. The Morgan fingerprint density at radius 3 is 2.66 bits per heavy atom. The first kappa shape index (κ1) is 21.6. The molecule has 0 spiro atoms. The fraction of sp³-hybridized carbons (Fsp3) is 0.296. The monoisotopic (exact) mass is 469 g/mol. The highest BCUT2D eigenvalue weighted by atomic mass is 16.6. The minimum absolute atomic E-state index is 0.0285. The summed E-state index contributed by atoms with van der Waals surface area (Å²) >= 11 is 0. The number of pyridine rings is 2. The number of amides is 1. The van der Waals surface area contributed by atoms with E-state index < -0.39 is 5.91 Å². The number of carbonyl (C=O) groups excluding carboxylic acids is 1. The number of fused-ring (bicyclic) bond motifs is 4. The molecule has 0 unspecified atom stereocenters. The van der Waals surface area contributed by atoms with Crippen LogP contribution < -0.4 is 20.1 Å². The van der Waals surface area contributed by atoms with E-state index >= 15 is 0 Å². The summed E-state index contributed by atoms with van der Waals surface area (Å²) in [6, 6.07) is 17.4. The minimum atomic E-state index is -0.428. The van der Waals surface area contributed by atoms with Crippen molar-refractivity contribution in [1.82, 2.24) is 14.9 Å². The van der Waals surface area contributed by atoms with E-state index in [0.717, 1.165) is 77.5 Å². The average Bonchev–Trinajstić information content (AvgIpc) is 2.88. The van der Waals surface area contributed by atoms with Gasteiger partial charge in [-0.2, -0.15) is 0 Å². The molecule has 0 radical (unpaired) electrons. The van der Waals surface area contributed by atoms with Gasteiger partial charge in [-0.1, -0.05) is 0 Å². The van der Waals surface area contributed by atoms with Gasteiger partial charge in [-0.3, -0.25) is 14.7 Å². The lowest BCUT2D eigenvalue weighted by molar-refractivity contribution is 0.0587. The molecule has 8 nitrogen and oxygen atoms in total. The van der Waals surface area contributed by atoms with Crippen LogP contribution in [0.25, 0.3) is 21.8 Å². The Kier molecular flexibility index (Phi) is 5.37. The Balaban J connectivity index is 1.10. The first-order valence-corrected chi connectivity index (χ1v) is 11.9. The largest absolute Gasteiger partial charge is 0.486 e. The third-order valence-corrected chi connectivity index (χ3v) is 6.75. The second-order valence-corrected chi connectivity index (χ2v) is 9.19. The molecule has 35 heavy (non-hydrogen) atoms. The molecule has 0 bridgehead atoms. The van der Waals surface area contributed by atoms with Crippen molar-refractivity contribution in [2.24, 2.45) is 5.73 Å². The molecule has 4 heterocycles. The van der Waals surface area contributed by atoms with Crippen LogP contribution in [0.1, 0.15) is 16.1 Å². The molecule has 2 aliphatic heterocycles. The Bertz CT molecular complexity index is 1430. The molecule has 2 aromatic heterocycles. The Labute approximate surface area is 203 Å². The first-order valence-electron chi connectivity index (χ1n) is 11.9. The molecule has 6 rings (SSSR count). The summed E-state index contributed by atoms with van der Waals surface area (Å²) in [6.07, 6.45) is -0.0285. The number of aromatic nitrogens is 2. The molecule has 1 atom stereocenters. The lowest BCUT2D eigenvalue weighted by atomic mass is 10.1. The summed E-state index contributed by atoms with van der Waals surface area (Å²) in [7, 11) is 0. The highest BCUT2D eigenvalue weighted by molar-refractivity contribution is 5.97. The van der Waals surface area contributed by atoms with Crippen LogP contribution in [-0.2, 0) is 0 Å². The number of benzene rings is 2. The number of ether oxygens (including phenoxy) is 2. The standard InChI is InChI=1S/C27H27N5O3/c1-17-2-5-21-23(29-17)7-8-24-26(21)35-20(16-34-24)15-31-10-12-32(13-11-31)25-9-4-18-14-19(27(28)33)3-6-22(18)30-25/h2-9,14,20H,10-13,15-16H2,1H3,(H2,28,33)/t20-/m0/s1. The number of nitrogens with two attached hydrogens (primary N) is 1. The summed E-state index contributed by atoms with van der Waals surface area (Å²) in [6.45, 7) is 6.95. The zero-order valence-electron chi connectivity index (χ0n) is 19.6. The molecule has 178 valence electrons. The van der Waals surface area contributed by atoms with E-state index in [1.165, 1.54) is 0 Å². The van der Waals surface area contributed by atoms with Crippen molar-refractivity contribution < 1.29 is 14.3 Å². The lowest BCUT2D eigenvalue weighted by Gasteiger charge is -2.38. The van der Waals surface area contributed by atoms with Gasteiger partial charge in [0.15, 0.2) is 11.5 Å². The van der Waals surface area contributed by atoms with Gasteiger partial charge in [-0.15, -0.1) is 0 Å². The smallest absolute Gasteiger partial charge is 0.248 e. The third-order valence-electron chi connectivity index (χ3n) is 6.75. The van der Waals surface area contributed by atoms with Crippen LogP contribution in [-0.4, -0.2) is 66.2 Å². The Hall–Kier alpha value is -3.91. The van der Waals surface area contributed by atoms with Crippen molar-refractivity contribution in [1.29, 1.82) is 0 Å². The lowest BCUT2D eigenvalue weighted by Crippen LogP contribution is -2.50. The van der Waals surface area contributed by atoms with E-state index in [-0.39, 0.29) is 6.10 Å². The number of piperazine rings is 1. The zero-order chi connectivity index (χ0) is 23.9. The molecule has 1 amide bonds. The first-order chi connectivity index (χ1) is 17.0. The van der Waals surface area contributed by atoms with E-state index in [4.69, 9.17) is 20.2 Å². The predicted molar refractivity (Wildman–Crippen MR) is 135 cm³/mol. The maximum atomic E-state index is 11.4. The van der Waals surface area contributed by atoms with E-state index in [0.29, 0.717) is 12.2 Å². The van der Waals surface area contributed by atoms with Gasteiger partial charge in [-0.05, 0) is 61.5 Å². The summed E-state index contributed by atoms with van der Waals surface area (Å²) in [5.74, 6) is 2.10. The summed E-state index contributed by atoms with van der Waals surface area (Å²) in [4.78, 5) is 25.6. The van der Waals surface area contributed by atoms with Gasteiger partial charge in [0.2, 0.25) is 5.91 Å². The number of primary amides is 1. The van der Waals surface area contributed by atoms with Crippen LogP contribution in [0.4, 0.5) is 5.82 Å². The normalized spacial score (nSPS) is 18.2. The number of anilines is 1. The average molecular weight is 470 g/mol. The van der Waals surface area contributed by atoms with Crippen LogP contribution in [0.2, 0.25) is 0 Å². The fourth-order valence-corrected chi connectivity index (χ4v) is 4.86. The molecule has 8 heteroatoms. The number of nitrogens with zero attached hydrogens (tertiary/aromatic N) is 4. The van der Waals surface area contributed by atoms with Gasteiger partial charge in [0, 0.05) is 54.8 Å². The third kappa shape index (κ3) is 4.21. The number of hydrogen-bond acceptors (Lipinski definition) is 7. The van der Waals surface area contributed by atoms with E-state index in [1.807, 2.05) is 43.3 Å².